The molecule has 1 fully saturated rings. The first-order chi connectivity index (χ1) is 13.5. The van der Waals surface area contributed by atoms with Gasteiger partial charge in [0.25, 0.3) is 11.8 Å². The molecule has 1 aliphatic heterocycles. The van der Waals surface area contributed by atoms with Crippen LogP contribution in [0.4, 0.5) is 0 Å². The van der Waals surface area contributed by atoms with Crippen molar-refractivity contribution >= 4 is 5.91 Å². The van der Waals surface area contributed by atoms with E-state index >= 15 is 0 Å². The van der Waals surface area contributed by atoms with Gasteiger partial charge < -0.3 is 14.2 Å². The Balaban J connectivity index is 1.41. The molecule has 0 aliphatic carbocycles. The third kappa shape index (κ3) is 3.47. The first-order valence-electron chi connectivity index (χ1n) is 9.21. The minimum Gasteiger partial charge on any atom is -0.497 e. The van der Waals surface area contributed by atoms with Crippen LogP contribution < -0.4 is 4.74 Å². The zero-order chi connectivity index (χ0) is 19.7. The molecular formula is C19H22N6O3. The van der Waals surface area contributed by atoms with Crippen molar-refractivity contribution in [2.45, 2.75) is 32.7 Å². The summed E-state index contributed by atoms with van der Waals surface area (Å²) in [7, 11) is 1.62. The van der Waals surface area contributed by atoms with Gasteiger partial charge in [-0.3, -0.25) is 4.79 Å². The van der Waals surface area contributed by atoms with E-state index in [9.17, 15) is 4.79 Å². The van der Waals surface area contributed by atoms with Crippen molar-refractivity contribution in [1.82, 2.24) is 30.0 Å². The maximum Gasteiger partial charge on any atom is 0.280 e. The van der Waals surface area contributed by atoms with Crippen molar-refractivity contribution < 1.29 is 14.1 Å². The third-order valence-corrected chi connectivity index (χ3v) is 5.05. The Kier molecular flexibility index (Phi) is 4.81. The van der Waals surface area contributed by atoms with Crippen molar-refractivity contribution in [1.29, 1.82) is 0 Å². The molecule has 4 rings (SSSR count). The fourth-order valence-electron chi connectivity index (χ4n) is 3.46. The highest BCUT2D eigenvalue weighted by Gasteiger charge is 2.26. The second-order valence-corrected chi connectivity index (χ2v) is 6.93. The number of carbonyl (C=O) groups excluding carboxylic acids is 1. The summed E-state index contributed by atoms with van der Waals surface area (Å²) in [5.74, 6) is 1.74. The minimum atomic E-state index is 0.0548. The Labute approximate surface area is 162 Å². The van der Waals surface area contributed by atoms with Gasteiger partial charge in [-0.1, -0.05) is 10.4 Å². The molecule has 1 aliphatic rings. The van der Waals surface area contributed by atoms with Gasteiger partial charge in [-0.25, -0.2) is 4.68 Å². The van der Waals surface area contributed by atoms with Crippen molar-refractivity contribution in [3.8, 4) is 17.3 Å². The number of rotatable bonds is 4. The molecule has 28 heavy (non-hydrogen) atoms. The van der Waals surface area contributed by atoms with Gasteiger partial charge in [0.15, 0.2) is 11.5 Å². The van der Waals surface area contributed by atoms with E-state index in [0.29, 0.717) is 36.1 Å². The number of nitrogens with zero attached hydrogens (tertiary/aromatic N) is 6. The summed E-state index contributed by atoms with van der Waals surface area (Å²) in [6.45, 7) is 5.03. The predicted octanol–water partition coefficient (Wildman–Crippen LogP) is 2.43. The maximum absolute atomic E-state index is 12.9. The van der Waals surface area contributed by atoms with Crippen LogP contribution in [0.3, 0.4) is 0 Å². The van der Waals surface area contributed by atoms with E-state index in [-0.39, 0.29) is 11.9 Å². The fourth-order valence-corrected chi connectivity index (χ4v) is 3.46. The third-order valence-electron chi connectivity index (χ3n) is 5.05. The van der Waals surface area contributed by atoms with E-state index in [4.69, 9.17) is 9.26 Å². The molecule has 0 atom stereocenters. The Morgan fingerprint density at radius 3 is 2.68 bits per heavy atom. The van der Waals surface area contributed by atoms with E-state index < -0.39 is 0 Å². The zero-order valence-corrected chi connectivity index (χ0v) is 16.1. The number of likely N-dealkylation sites (tertiary alicyclic amines) is 1. The molecule has 2 aromatic heterocycles. The molecule has 1 saturated heterocycles. The number of amides is 1. The van der Waals surface area contributed by atoms with Crippen LogP contribution in [0.1, 0.15) is 40.6 Å². The molecule has 9 heteroatoms. The number of aromatic nitrogens is 5. The molecule has 0 bridgehead atoms. The van der Waals surface area contributed by atoms with E-state index in [1.807, 2.05) is 40.9 Å². The van der Waals surface area contributed by atoms with Crippen LogP contribution in [0.25, 0.3) is 11.6 Å². The lowest BCUT2D eigenvalue weighted by Gasteiger charge is -2.32. The molecule has 9 nitrogen and oxygen atoms in total. The van der Waals surface area contributed by atoms with Gasteiger partial charge in [0.2, 0.25) is 0 Å². The highest BCUT2D eigenvalue weighted by Crippen LogP contribution is 2.26. The molecule has 1 amide bonds. The average Bonchev–Trinajstić information content (AvgIpc) is 3.36. The first kappa shape index (κ1) is 18.1. The summed E-state index contributed by atoms with van der Waals surface area (Å²) < 4.78 is 12.2. The lowest BCUT2D eigenvalue weighted by molar-refractivity contribution is 0.0688. The van der Waals surface area contributed by atoms with Gasteiger partial charge >= 0.3 is 0 Å². The van der Waals surface area contributed by atoms with Crippen LogP contribution in [-0.2, 0) is 0 Å². The van der Waals surface area contributed by atoms with Crippen LogP contribution in [-0.4, -0.2) is 56.1 Å². The molecule has 1 aromatic carbocycles. The van der Waals surface area contributed by atoms with Gasteiger partial charge in [0, 0.05) is 18.7 Å². The first-order valence-corrected chi connectivity index (χ1v) is 9.21. The second kappa shape index (κ2) is 7.41. The Morgan fingerprint density at radius 2 is 2.04 bits per heavy atom. The number of benzene rings is 1. The second-order valence-electron chi connectivity index (χ2n) is 6.93. The SMILES string of the molecule is COc1ccc(C(=O)N2CCC(n3cc(-c4nc(C)no4)nn3)CC2)c(C)c1. The van der Waals surface area contributed by atoms with Crippen molar-refractivity contribution in [3.05, 3.63) is 41.3 Å². The quantitative estimate of drug-likeness (QED) is 0.683. The monoisotopic (exact) mass is 382 g/mol. The minimum absolute atomic E-state index is 0.0548. The number of methoxy groups -OCH3 is 1. The molecule has 0 unspecified atom stereocenters. The van der Waals surface area contributed by atoms with Gasteiger partial charge in [-0.15, -0.1) is 5.10 Å². The number of aryl methyl sites for hydroxylation is 2. The standard InChI is InChI=1S/C19H22N6O3/c1-12-10-15(27-3)4-5-16(12)19(26)24-8-6-14(7-9-24)25-11-17(21-23-25)18-20-13(2)22-28-18/h4-5,10-11,14H,6-9H2,1-3H3. The van der Waals surface area contributed by atoms with Crippen LogP contribution in [0.15, 0.2) is 28.9 Å². The van der Waals surface area contributed by atoms with Crippen molar-refractivity contribution in [2.75, 3.05) is 20.2 Å². The Hall–Kier alpha value is -3.23. The van der Waals surface area contributed by atoms with Crippen LogP contribution in [0.2, 0.25) is 0 Å². The summed E-state index contributed by atoms with van der Waals surface area (Å²) in [5.41, 5.74) is 2.20. The average molecular weight is 382 g/mol. The summed E-state index contributed by atoms with van der Waals surface area (Å²) in [6, 6.07) is 5.73. The number of piperidine rings is 1. The number of hydrogen-bond donors (Lipinski definition) is 0. The van der Waals surface area contributed by atoms with E-state index in [2.05, 4.69) is 20.5 Å². The van der Waals surface area contributed by atoms with E-state index in [1.54, 1.807) is 14.0 Å². The zero-order valence-electron chi connectivity index (χ0n) is 16.1. The fraction of sp³-hybridized carbons (Fsp3) is 0.421. The molecule has 0 saturated carbocycles. The molecule has 0 radical (unpaired) electrons. The molecule has 0 spiro atoms. The molecule has 3 heterocycles. The topological polar surface area (TPSA) is 99.2 Å². The van der Waals surface area contributed by atoms with Gasteiger partial charge in [0.05, 0.1) is 19.3 Å². The van der Waals surface area contributed by atoms with Gasteiger partial charge in [-0.05, 0) is 50.5 Å². The van der Waals surface area contributed by atoms with E-state index in [1.165, 1.54) is 0 Å². The summed E-state index contributed by atoms with van der Waals surface area (Å²) in [6.07, 6.45) is 3.45. The van der Waals surface area contributed by atoms with Crippen LogP contribution in [0, 0.1) is 13.8 Å². The van der Waals surface area contributed by atoms with Crippen LogP contribution >= 0.6 is 0 Å². The maximum atomic E-state index is 12.9. The molecule has 3 aromatic rings. The lowest BCUT2D eigenvalue weighted by atomic mass is 10.0. The normalized spacial score (nSPS) is 15.0. The van der Waals surface area contributed by atoms with Crippen molar-refractivity contribution in [3.63, 3.8) is 0 Å². The Bertz CT molecular complexity index is 987. The predicted molar refractivity (Wildman–Crippen MR) is 100.0 cm³/mol. The number of carbonyl (C=O) groups is 1. The summed E-state index contributed by atoms with van der Waals surface area (Å²) >= 11 is 0. The summed E-state index contributed by atoms with van der Waals surface area (Å²) in [4.78, 5) is 18.9. The van der Waals surface area contributed by atoms with Crippen molar-refractivity contribution in [2.24, 2.45) is 0 Å². The number of ether oxygens (including phenoxy) is 1. The van der Waals surface area contributed by atoms with Gasteiger partial charge in [-0.2, -0.15) is 4.98 Å². The number of hydrogen-bond acceptors (Lipinski definition) is 7. The molecule has 0 N–H and O–H groups in total. The van der Waals surface area contributed by atoms with E-state index in [0.717, 1.165) is 24.2 Å². The molecule has 146 valence electrons. The lowest BCUT2D eigenvalue weighted by Crippen LogP contribution is -2.39. The molecular weight excluding hydrogens is 360 g/mol. The van der Waals surface area contributed by atoms with Gasteiger partial charge in [0.1, 0.15) is 5.75 Å². The smallest absolute Gasteiger partial charge is 0.280 e. The van der Waals surface area contributed by atoms with Crippen LogP contribution in [0.5, 0.6) is 5.75 Å². The Morgan fingerprint density at radius 1 is 1.25 bits per heavy atom. The summed E-state index contributed by atoms with van der Waals surface area (Å²) in [5, 5.41) is 12.1. The highest BCUT2D eigenvalue weighted by atomic mass is 16.5. The highest BCUT2D eigenvalue weighted by molar-refractivity contribution is 5.95. The largest absolute Gasteiger partial charge is 0.497 e.